The van der Waals surface area contributed by atoms with Gasteiger partial charge in [-0.15, -0.1) is 5.10 Å². The van der Waals surface area contributed by atoms with Gasteiger partial charge in [-0.1, -0.05) is 17.3 Å². The summed E-state index contributed by atoms with van der Waals surface area (Å²) in [6, 6.07) is 4.65. The predicted molar refractivity (Wildman–Crippen MR) is 61.1 cm³/mol. The van der Waals surface area contributed by atoms with Gasteiger partial charge in [0.1, 0.15) is 0 Å². The van der Waals surface area contributed by atoms with Gasteiger partial charge in [0.15, 0.2) is 0 Å². The summed E-state index contributed by atoms with van der Waals surface area (Å²) < 4.78 is 39.1. The molecule has 0 aliphatic carbocycles. The number of aromatic nitrogens is 3. The lowest BCUT2D eigenvalue weighted by Gasteiger charge is -2.12. The number of halogens is 3. The molecule has 4 nitrogen and oxygen atoms in total. The lowest BCUT2D eigenvalue weighted by atomic mass is 10.0. The van der Waals surface area contributed by atoms with E-state index in [0.29, 0.717) is 5.69 Å². The van der Waals surface area contributed by atoms with Gasteiger partial charge in [0.25, 0.3) is 0 Å². The molecule has 19 heavy (non-hydrogen) atoms. The number of alkyl halides is 3. The van der Waals surface area contributed by atoms with Gasteiger partial charge >= 0.3 is 6.18 Å². The highest BCUT2D eigenvalue weighted by atomic mass is 19.4. The molecule has 1 N–H and O–H groups in total. The number of hydrogen-bond acceptors (Lipinski definition) is 3. The summed E-state index contributed by atoms with van der Waals surface area (Å²) in [4.78, 5) is 0. The lowest BCUT2D eigenvalue weighted by molar-refractivity contribution is -0.137. The molecule has 7 heteroatoms. The molecule has 102 valence electrons. The van der Waals surface area contributed by atoms with Crippen LogP contribution in [0.1, 0.15) is 22.9 Å². The highest BCUT2D eigenvalue weighted by Gasteiger charge is 2.30. The number of nitrogens with zero attached hydrogens (tertiary/aromatic N) is 3. The molecule has 1 heterocycles. The molecule has 2 rings (SSSR count). The number of hydrogen-bond donors (Lipinski definition) is 1. The second kappa shape index (κ2) is 5.00. The molecule has 1 unspecified atom stereocenters. The fourth-order valence-corrected chi connectivity index (χ4v) is 1.73. The Morgan fingerprint density at radius 2 is 2.11 bits per heavy atom. The Hall–Kier alpha value is -1.89. The normalized spacial score (nSPS) is 13.5. The standard InChI is InChI=1S/C12H12F3N3O/c1-18-7-10(16-17-18)6-11(19)8-3-2-4-9(5-8)12(13,14)15/h2-5,7,11,19H,6H2,1H3. The maximum atomic E-state index is 12.6. The molecular weight excluding hydrogens is 259 g/mol. The van der Waals surface area contributed by atoms with Gasteiger partial charge in [0.2, 0.25) is 0 Å². The summed E-state index contributed by atoms with van der Waals surface area (Å²) >= 11 is 0. The van der Waals surface area contributed by atoms with E-state index in [9.17, 15) is 18.3 Å². The Labute approximate surface area is 107 Å². The smallest absolute Gasteiger partial charge is 0.388 e. The molecule has 0 amide bonds. The molecule has 0 fully saturated rings. The number of rotatable bonds is 3. The molecule has 0 saturated carbocycles. The number of aliphatic hydroxyl groups is 1. The minimum absolute atomic E-state index is 0.120. The third-order valence-electron chi connectivity index (χ3n) is 2.65. The summed E-state index contributed by atoms with van der Waals surface area (Å²) in [6.07, 6.45) is -3.73. The van der Waals surface area contributed by atoms with Crippen molar-refractivity contribution < 1.29 is 18.3 Å². The van der Waals surface area contributed by atoms with Crippen molar-refractivity contribution in [3.8, 4) is 0 Å². The first-order chi connectivity index (χ1) is 8.86. The van der Waals surface area contributed by atoms with E-state index in [4.69, 9.17) is 0 Å². The molecule has 1 aromatic carbocycles. The van der Waals surface area contributed by atoms with E-state index < -0.39 is 17.8 Å². The predicted octanol–water partition coefficient (Wildman–Crippen LogP) is 2.11. The average molecular weight is 271 g/mol. The van der Waals surface area contributed by atoms with Crippen molar-refractivity contribution >= 4 is 0 Å². The van der Waals surface area contributed by atoms with Crippen molar-refractivity contribution in [1.82, 2.24) is 15.0 Å². The van der Waals surface area contributed by atoms with E-state index in [-0.39, 0.29) is 12.0 Å². The van der Waals surface area contributed by atoms with Crippen molar-refractivity contribution in [2.24, 2.45) is 7.05 Å². The zero-order chi connectivity index (χ0) is 14.0. The van der Waals surface area contributed by atoms with Crippen molar-refractivity contribution in [2.75, 3.05) is 0 Å². The molecule has 0 aliphatic heterocycles. The first-order valence-electron chi connectivity index (χ1n) is 5.56. The number of benzene rings is 1. The average Bonchev–Trinajstić information content (AvgIpc) is 2.74. The van der Waals surface area contributed by atoms with Gasteiger partial charge in [-0.25, -0.2) is 0 Å². The number of aryl methyl sites for hydroxylation is 1. The van der Waals surface area contributed by atoms with Crippen LogP contribution in [0.3, 0.4) is 0 Å². The molecule has 1 aromatic heterocycles. The quantitative estimate of drug-likeness (QED) is 0.930. The topological polar surface area (TPSA) is 50.9 Å². The van der Waals surface area contributed by atoms with E-state index >= 15 is 0 Å². The highest BCUT2D eigenvalue weighted by Crippen LogP contribution is 2.31. The molecular formula is C12H12F3N3O. The van der Waals surface area contributed by atoms with Gasteiger partial charge in [0, 0.05) is 19.7 Å². The first kappa shape index (κ1) is 13.5. The van der Waals surface area contributed by atoms with Gasteiger partial charge in [-0.05, 0) is 17.7 Å². The molecule has 2 aromatic rings. The summed E-state index contributed by atoms with van der Waals surface area (Å²) in [5, 5.41) is 17.4. The maximum Gasteiger partial charge on any atom is 0.416 e. The van der Waals surface area contributed by atoms with E-state index in [1.807, 2.05) is 0 Å². The van der Waals surface area contributed by atoms with Crippen LogP contribution in [0.5, 0.6) is 0 Å². The molecule has 0 saturated heterocycles. The molecule has 0 radical (unpaired) electrons. The van der Waals surface area contributed by atoms with Crippen molar-refractivity contribution in [1.29, 1.82) is 0 Å². The fourth-order valence-electron chi connectivity index (χ4n) is 1.73. The zero-order valence-corrected chi connectivity index (χ0v) is 10.1. The van der Waals surface area contributed by atoms with Crippen LogP contribution in [-0.2, 0) is 19.6 Å². The van der Waals surface area contributed by atoms with Gasteiger partial charge in [-0.3, -0.25) is 4.68 Å². The van der Waals surface area contributed by atoms with Crippen LogP contribution in [0.15, 0.2) is 30.5 Å². The van der Waals surface area contributed by atoms with Crippen LogP contribution in [0, 0.1) is 0 Å². The molecule has 0 aliphatic rings. The van der Waals surface area contributed by atoms with Gasteiger partial charge in [-0.2, -0.15) is 13.2 Å². The lowest BCUT2D eigenvalue weighted by Crippen LogP contribution is -2.08. The van der Waals surface area contributed by atoms with Crippen LogP contribution in [0.4, 0.5) is 13.2 Å². The highest BCUT2D eigenvalue weighted by molar-refractivity contribution is 5.27. The minimum atomic E-state index is -4.41. The summed E-state index contributed by atoms with van der Waals surface area (Å²) in [5.41, 5.74) is -0.0453. The largest absolute Gasteiger partial charge is 0.416 e. The van der Waals surface area contributed by atoms with Crippen molar-refractivity contribution in [2.45, 2.75) is 18.7 Å². The second-order valence-electron chi connectivity index (χ2n) is 4.23. The van der Waals surface area contributed by atoms with Crippen LogP contribution in [-0.4, -0.2) is 20.1 Å². The summed E-state index contributed by atoms with van der Waals surface area (Å²) in [6.45, 7) is 0. The van der Waals surface area contributed by atoms with E-state index in [0.717, 1.165) is 12.1 Å². The van der Waals surface area contributed by atoms with Crippen LogP contribution in [0.25, 0.3) is 0 Å². The van der Waals surface area contributed by atoms with E-state index in [2.05, 4.69) is 10.3 Å². The summed E-state index contributed by atoms with van der Waals surface area (Å²) in [5.74, 6) is 0. The Kier molecular flexibility index (Phi) is 3.57. The van der Waals surface area contributed by atoms with Crippen LogP contribution < -0.4 is 0 Å². The molecule has 1 atom stereocenters. The van der Waals surface area contributed by atoms with Gasteiger partial charge in [0.05, 0.1) is 17.4 Å². The van der Waals surface area contributed by atoms with Crippen LogP contribution in [0.2, 0.25) is 0 Å². The van der Waals surface area contributed by atoms with Crippen LogP contribution >= 0.6 is 0 Å². The SMILES string of the molecule is Cn1cc(CC(O)c2cccc(C(F)(F)F)c2)nn1. The Balaban J connectivity index is 2.17. The van der Waals surface area contributed by atoms with Gasteiger partial charge < -0.3 is 5.11 Å². The molecule has 0 spiro atoms. The fraction of sp³-hybridized carbons (Fsp3) is 0.333. The van der Waals surface area contributed by atoms with Crippen molar-refractivity contribution in [3.63, 3.8) is 0 Å². The Bertz CT molecular complexity index is 565. The third kappa shape index (κ3) is 3.31. The zero-order valence-electron chi connectivity index (χ0n) is 10.1. The summed E-state index contributed by atoms with van der Waals surface area (Å²) in [7, 11) is 1.67. The number of aliphatic hydroxyl groups excluding tert-OH is 1. The Morgan fingerprint density at radius 3 is 2.68 bits per heavy atom. The maximum absolute atomic E-state index is 12.6. The second-order valence-corrected chi connectivity index (χ2v) is 4.23. The first-order valence-corrected chi connectivity index (χ1v) is 5.56. The van der Waals surface area contributed by atoms with E-state index in [1.165, 1.54) is 16.8 Å². The van der Waals surface area contributed by atoms with Crippen molar-refractivity contribution in [3.05, 3.63) is 47.3 Å². The van der Waals surface area contributed by atoms with E-state index in [1.54, 1.807) is 13.2 Å². The third-order valence-corrected chi connectivity index (χ3v) is 2.65. The Morgan fingerprint density at radius 1 is 1.37 bits per heavy atom. The molecule has 0 bridgehead atoms. The monoisotopic (exact) mass is 271 g/mol. The minimum Gasteiger partial charge on any atom is -0.388 e.